The zero-order valence-electron chi connectivity index (χ0n) is 8.65. The van der Waals surface area contributed by atoms with E-state index in [9.17, 15) is 8.42 Å². The van der Waals surface area contributed by atoms with Crippen molar-refractivity contribution in [2.45, 2.75) is 11.4 Å². The molecule has 92 valence electrons. The number of imidazole rings is 1. The molecule has 7 heteroatoms. The van der Waals surface area contributed by atoms with E-state index in [1.54, 1.807) is 41.5 Å². The number of hydrogen-bond acceptors (Lipinski definition) is 3. The molecular formula is C10H10Cl2N2O2S. The van der Waals surface area contributed by atoms with Crippen LogP contribution in [0.2, 0.25) is 0 Å². The van der Waals surface area contributed by atoms with Crippen molar-refractivity contribution >= 4 is 32.1 Å². The van der Waals surface area contributed by atoms with E-state index in [2.05, 4.69) is 4.98 Å². The van der Waals surface area contributed by atoms with Gasteiger partial charge in [0.05, 0.1) is 11.2 Å². The number of rotatable bonds is 3. The van der Waals surface area contributed by atoms with Crippen LogP contribution < -0.4 is 0 Å². The van der Waals surface area contributed by atoms with Gasteiger partial charge in [-0.05, 0) is 11.6 Å². The maximum absolute atomic E-state index is 11.3. The minimum atomic E-state index is -3.70. The smallest absolute Gasteiger partial charge is 0.261 e. The summed E-state index contributed by atoms with van der Waals surface area (Å²) in [5.41, 5.74) is 0.649. The van der Waals surface area contributed by atoms with Gasteiger partial charge in [-0.2, -0.15) is 0 Å². The molecule has 0 radical (unpaired) electrons. The summed E-state index contributed by atoms with van der Waals surface area (Å²) in [7, 11) is 1.65. The molecule has 0 atom stereocenters. The van der Waals surface area contributed by atoms with Gasteiger partial charge < -0.3 is 4.57 Å². The van der Waals surface area contributed by atoms with Crippen molar-refractivity contribution in [3.05, 3.63) is 48.5 Å². The highest BCUT2D eigenvalue weighted by molar-refractivity contribution is 8.13. The summed E-state index contributed by atoms with van der Waals surface area (Å²) in [4.78, 5) is 4.03. The van der Waals surface area contributed by atoms with Gasteiger partial charge in [-0.25, -0.2) is 13.4 Å². The largest absolute Gasteiger partial charge is 0.333 e. The molecule has 0 N–H and O–H groups in total. The summed E-state index contributed by atoms with van der Waals surface area (Å²) >= 11 is 0. The van der Waals surface area contributed by atoms with Crippen LogP contribution in [0.1, 0.15) is 5.56 Å². The predicted octanol–water partition coefficient (Wildman–Crippen LogP) is 2.28. The zero-order valence-corrected chi connectivity index (χ0v) is 11.0. The van der Waals surface area contributed by atoms with E-state index < -0.39 is 9.05 Å². The Morgan fingerprint density at radius 2 is 2.00 bits per heavy atom. The number of aromatic nitrogens is 2. The standard InChI is InChI=1S/C10H9ClN2O2S.ClH/c11-16(14,15)10-4-2-1-3-9(10)7-13-6-5-12-8-13;/h1-6,8H,7H2;1H. The Labute approximate surface area is 110 Å². The van der Waals surface area contributed by atoms with Crippen molar-refractivity contribution in [2.75, 3.05) is 0 Å². The summed E-state index contributed by atoms with van der Waals surface area (Å²) in [6.07, 6.45) is 5.02. The maximum Gasteiger partial charge on any atom is 0.261 e. The van der Waals surface area contributed by atoms with Crippen LogP contribution in [0.5, 0.6) is 0 Å². The molecule has 0 aliphatic carbocycles. The Bertz CT molecular complexity index is 582. The van der Waals surface area contributed by atoms with Crippen LogP contribution in [0, 0.1) is 0 Å². The Morgan fingerprint density at radius 1 is 1.29 bits per heavy atom. The number of nitrogens with zero attached hydrogens (tertiary/aromatic N) is 2. The second kappa shape index (κ2) is 5.53. The van der Waals surface area contributed by atoms with E-state index in [4.69, 9.17) is 10.7 Å². The highest BCUT2D eigenvalue weighted by Crippen LogP contribution is 2.20. The lowest BCUT2D eigenvalue weighted by atomic mass is 10.2. The van der Waals surface area contributed by atoms with Crippen molar-refractivity contribution in [3.63, 3.8) is 0 Å². The zero-order chi connectivity index (χ0) is 11.6. The topological polar surface area (TPSA) is 52.0 Å². The number of hydrogen-bond donors (Lipinski definition) is 0. The van der Waals surface area contributed by atoms with Gasteiger partial charge in [0.1, 0.15) is 0 Å². The summed E-state index contributed by atoms with van der Waals surface area (Å²) in [6.45, 7) is 0.433. The van der Waals surface area contributed by atoms with E-state index in [0.29, 0.717) is 12.1 Å². The normalized spacial score (nSPS) is 10.9. The third-order valence-corrected chi connectivity index (χ3v) is 3.57. The first kappa shape index (κ1) is 14.0. The average molecular weight is 293 g/mol. The molecule has 1 heterocycles. The van der Waals surface area contributed by atoms with Gasteiger partial charge in [-0.1, -0.05) is 18.2 Å². The van der Waals surface area contributed by atoms with Gasteiger partial charge in [-0.15, -0.1) is 12.4 Å². The lowest BCUT2D eigenvalue weighted by Crippen LogP contribution is -2.02. The molecule has 2 aromatic rings. The molecule has 0 unspecified atom stereocenters. The Kier molecular flexibility index (Phi) is 4.56. The van der Waals surface area contributed by atoms with Gasteiger partial charge in [0.25, 0.3) is 9.05 Å². The minimum Gasteiger partial charge on any atom is -0.333 e. The molecule has 0 aliphatic heterocycles. The molecule has 17 heavy (non-hydrogen) atoms. The first-order valence-electron chi connectivity index (χ1n) is 4.56. The molecule has 2 rings (SSSR count). The fourth-order valence-electron chi connectivity index (χ4n) is 1.45. The Hall–Kier alpha value is -1.04. The van der Waals surface area contributed by atoms with Gasteiger partial charge in [0.15, 0.2) is 0 Å². The van der Waals surface area contributed by atoms with Crippen LogP contribution in [0.15, 0.2) is 47.9 Å². The van der Waals surface area contributed by atoms with E-state index >= 15 is 0 Å². The predicted molar refractivity (Wildman–Crippen MR) is 68.1 cm³/mol. The van der Waals surface area contributed by atoms with E-state index in [0.717, 1.165) is 0 Å². The van der Waals surface area contributed by atoms with E-state index in [1.807, 2.05) is 0 Å². The highest BCUT2D eigenvalue weighted by atomic mass is 35.7. The molecule has 0 amide bonds. The molecule has 0 saturated carbocycles. The molecular weight excluding hydrogens is 283 g/mol. The molecule has 0 fully saturated rings. The van der Waals surface area contributed by atoms with Crippen LogP contribution in [-0.2, 0) is 15.6 Å². The van der Waals surface area contributed by atoms with Crippen molar-refractivity contribution in [1.82, 2.24) is 9.55 Å². The van der Waals surface area contributed by atoms with Crippen LogP contribution >= 0.6 is 23.1 Å². The van der Waals surface area contributed by atoms with E-state index in [-0.39, 0.29) is 17.3 Å². The van der Waals surface area contributed by atoms with Gasteiger partial charge in [0.2, 0.25) is 0 Å². The van der Waals surface area contributed by atoms with Crippen LogP contribution in [-0.4, -0.2) is 18.0 Å². The fourth-order valence-corrected chi connectivity index (χ4v) is 2.59. The molecule has 0 aliphatic rings. The van der Waals surface area contributed by atoms with Crippen molar-refractivity contribution in [2.24, 2.45) is 0 Å². The van der Waals surface area contributed by atoms with Crippen molar-refractivity contribution in [1.29, 1.82) is 0 Å². The number of benzene rings is 1. The summed E-state index contributed by atoms with van der Waals surface area (Å²) in [5, 5.41) is 0. The first-order valence-corrected chi connectivity index (χ1v) is 6.86. The summed E-state index contributed by atoms with van der Waals surface area (Å²) < 4.78 is 24.4. The van der Waals surface area contributed by atoms with Crippen LogP contribution in [0.25, 0.3) is 0 Å². The summed E-state index contributed by atoms with van der Waals surface area (Å²) in [5.74, 6) is 0. The SMILES string of the molecule is Cl.O=S(=O)(Cl)c1ccccc1Cn1ccnc1. The van der Waals surface area contributed by atoms with Gasteiger partial charge in [0, 0.05) is 29.6 Å². The van der Waals surface area contributed by atoms with Gasteiger partial charge in [-0.3, -0.25) is 0 Å². The lowest BCUT2D eigenvalue weighted by Gasteiger charge is -2.06. The third kappa shape index (κ3) is 3.46. The Morgan fingerprint density at radius 3 is 2.59 bits per heavy atom. The first-order chi connectivity index (χ1) is 7.57. The third-order valence-electron chi connectivity index (χ3n) is 2.15. The molecule has 4 nitrogen and oxygen atoms in total. The molecule has 0 saturated heterocycles. The van der Waals surface area contributed by atoms with Crippen LogP contribution in [0.3, 0.4) is 0 Å². The Balaban J connectivity index is 0.00000144. The quantitative estimate of drug-likeness (QED) is 0.816. The monoisotopic (exact) mass is 292 g/mol. The van der Waals surface area contributed by atoms with Gasteiger partial charge >= 0.3 is 0 Å². The van der Waals surface area contributed by atoms with Crippen molar-refractivity contribution < 1.29 is 8.42 Å². The molecule has 0 spiro atoms. The molecule has 0 bridgehead atoms. The fraction of sp³-hybridized carbons (Fsp3) is 0.100. The maximum atomic E-state index is 11.3. The minimum absolute atomic E-state index is 0. The van der Waals surface area contributed by atoms with E-state index in [1.165, 1.54) is 6.07 Å². The summed E-state index contributed by atoms with van der Waals surface area (Å²) in [6, 6.07) is 6.65. The number of halogens is 2. The van der Waals surface area contributed by atoms with Crippen molar-refractivity contribution in [3.8, 4) is 0 Å². The molecule has 1 aromatic carbocycles. The highest BCUT2D eigenvalue weighted by Gasteiger charge is 2.14. The second-order valence-corrected chi connectivity index (χ2v) is 5.81. The lowest BCUT2D eigenvalue weighted by molar-refractivity contribution is 0.607. The second-order valence-electron chi connectivity index (χ2n) is 3.28. The average Bonchev–Trinajstić information content (AvgIpc) is 2.70. The van der Waals surface area contributed by atoms with Crippen LogP contribution in [0.4, 0.5) is 0 Å². The molecule has 1 aromatic heterocycles.